The van der Waals surface area contributed by atoms with Crippen molar-refractivity contribution in [1.29, 1.82) is 0 Å². The molecular weight excluding hydrogens is 396 g/mol. The van der Waals surface area contributed by atoms with Gasteiger partial charge in [0.1, 0.15) is 0 Å². The Balaban J connectivity index is 1.67. The Morgan fingerprint density at radius 3 is 1.35 bits per heavy atom. The molecule has 0 amide bonds. The highest BCUT2D eigenvalue weighted by Crippen LogP contribution is 2.04. The molecule has 8 nitrogen and oxygen atoms in total. The zero-order chi connectivity index (χ0) is 21.8. The quantitative estimate of drug-likeness (QED) is 0.490. The van der Waals surface area contributed by atoms with Crippen LogP contribution in [0.4, 0.5) is 0 Å². The van der Waals surface area contributed by atoms with E-state index in [4.69, 9.17) is 0 Å². The number of rotatable bonds is 6. The molecule has 0 saturated heterocycles. The summed E-state index contributed by atoms with van der Waals surface area (Å²) in [4.78, 5) is 53.7. The minimum atomic E-state index is -0.561. The molecule has 31 heavy (non-hydrogen) atoms. The molecule has 0 fully saturated rings. The van der Waals surface area contributed by atoms with Crippen molar-refractivity contribution in [3.05, 3.63) is 137 Å². The first kappa shape index (κ1) is 20.1. The Kier molecular flexibility index (Phi) is 5.61. The average Bonchev–Trinajstić information content (AvgIpc) is 2.76. The van der Waals surface area contributed by atoms with Crippen LogP contribution in [-0.2, 0) is 19.5 Å². The van der Waals surface area contributed by atoms with Crippen molar-refractivity contribution in [3.8, 4) is 0 Å². The van der Waals surface area contributed by atoms with Gasteiger partial charge >= 0.3 is 11.4 Å². The third kappa shape index (κ3) is 4.69. The van der Waals surface area contributed by atoms with Crippen molar-refractivity contribution < 1.29 is 0 Å². The molecule has 2 aromatic heterocycles. The second-order valence-electron chi connectivity index (χ2n) is 7.23. The van der Waals surface area contributed by atoms with Gasteiger partial charge in [0, 0.05) is 29.9 Å². The van der Waals surface area contributed by atoms with E-state index in [0.717, 1.165) is 11.1 Å². The van der Waals surface area contributed by atoms with Gasteiger partial charge in [0.25, 0.3) is 11.1 Å². The average molecular weight is 416 g/mol. The van der Waals surface area contributed by atoms with Gasteiger partial charge in [0.15, 0.2) is 0 Å². The van der Waals surface area contributed by atoms with Crippen LogP contribution in [0.2, 0.25) is 0 Å². The summed E-state index contributed by atoms with van der Waals surface area (Å²) in [5, 5.41) is 0. The van der Waals surface area contributed by atoms with Gasteiger partial charge in [-0.05, 0) is 11.1 Å². The molecule has 8 heteroatoms. The third-order valence-electron chi connectivity index (χ3n) is 4.94. The van der Waals surface area contributed by atoms with Crippen LogP contribution in [0.15, 0.2) is 92.2 Å². The van der Waals surface area contributed by atoms with Crippen LogP contribution in [0.5, 0.6) is 0 Å². The monoisotopic (exact) mass is 416 g/mol. The number of H-pyrrole nitrogens is 2. The van der Waals surface area contributed by atoms with Gasteiger partial charge in [-0.25, -0.2) is 9.59 Å². The molecular formula is C23H20N4O4. The highest BCUT2D eigenvalue weighted by molar-refractivity contribution is 5.21. The van der Waals surface area contributed by atoms with Gasteiger partial charge in [-0.3, -0.25) is 28.7 Å². The van der Waals surface area contributed by atoms with Crippen LogP contribution >= 0.6 is 0 Å². The highest BCUT2D eigenvalue weighted by atomic mass is 16.2. The summed E-state index contributed by atoms with van der Waals surface area (Å²) in [5.74, 6) is 0. The molecule has 4 aromatic rings. The van der Waals surface area contributed by atoms with E-state index in [1.807, 2.05) is 60.7 Å². The van der Waals surface area contributed by atoms with Crippen LogP contribution < -0.4 is 22.5 Å². The number of hydrogen-bond donors (Lipinski definition) is 2. The van der Waals surface area contributed by atoms with Crippen molar-refractivity contribution in [2.75, 3.05) is 0 Å². The van der Waals surface area contributed by atoms with Crippen molar-refractivity contribution >= 4 is 0 Å². The van der Waals surface area contributed by atoms with E-state index in [-0.39, 0.29) is 30.6 Å². The molecule has 2 N–H and O–H groups in total. The lowest BCUT2D eigenvalue weighted by molar-refractivity contribution is 0.697. The number of aromatic nitrogens is 4. The van der Waals surface area contributed by atoms with Crippen LogP contribution in [0.3, 0.4) is 0 Å². The topological polar surface area (TPSA) is 110 Å². The number of nitrogens with zero attached hydrogens (tertiary/aromatic N) is 2. The fourth-order valence-electron chi connectivity index (χ4n) is 3.36. The molecule has 4 rings (SSSR count). The molecule has 0 aliphatic heterocycles. The number of nitrogens with one attached hydrogen (secondary N) is 2. The van der Waals surface area contributed by atoms with E-state index >= 15 is 0 Å². The molecule has 2 aromatic carbocycles. The fraction of sp³-hybridized carbons (Fsp3) is 0.130. The summed E-state index contributed by atoms with van der Waals surface area (Å²) in [7, 11) is 0. The summed E-state index contributed by atoms with van der Waals surface area (Å²) in [6.07, 6.45) is 2.90. The minimum Gasteiger partial charge on any atom is -0.296 e. The van der Waals surface area contributed by atoms with E-state index in [1.165, 1.54) is 21.5 Å². The van der Waals surface area contributed by atoms with E-state index in [9.17, 15) is 19.2 Å². The Hall–Kier alpha value is -4.20. The largest absolute Gasteiger partial charge is 0.328 e. The summed E-state index contributed by atoms with van der Waals surface area (Å²) in [5.41, 5.74) is 0.135. The van der Waals surface area contributed by atoms with Crippen molar-refractivity contribution in [2.45, 2.75) is 19.5 Å². The first-order valence-electron chi connectivity index (χ1n) is 9.73. The minimum absolute atomic E-state index is 0.0190. The van der Waals surface area contributed by atoms with E-state index in [0.29, 0.717) is 0 Å². The number of hydrogen-bond acceptors (Lipinski definition) is 4. The van der Waals surface area contributed by atoms with Gasteiger partial charge in [-0.15, -0.1) is 0 Å². The predicted molar refractivity (Wildman–Crippen MR) is 117 cm³/mol. The van der Waals surface area contributed by atoms with E-state index in [2.05, 4.69) is 9.97 Å². The molecule has 156 valence electrons. The van der Waals surface area contributed by atoms with Gasteiger partial charge in [0.2, 0.25) is 0 Å². The van der Waals surface area contributed by atoms with E-state index in [1.54, 1.807) is 0 Å². The summed E-state index contributed by atoms with van der Waals surface area (Å²) in [6, 6.07) is 18.7. The second-order valence-corrected chi connectivity index (χ2v) is 7.23. The Morgan fingerprint density at radius 2 is 0.968 bits per heavy atom. The molecule has 0 saturated carbocycles. The number of aromatic amines is 2. The molecule has 0 atom stereocenters. The van der Waals surface area contributed by atoms with Crippen LogP contribution in [0.1, 0.15) is 22.3 Å². The zero-order valence-electron chi connectivity index (χ0n) is 16.6. The summed E-state index contributed by atoms with van der Waals surface area (Å²) >= 11 is 0. The lowest BCUT2D eigenvalue weighted by Crippen LogP contribution is -2.35. The fourth-order valence-corrected chi connectivity index (χ4v) is 3.36. The van der Waals surface area contributed by atoms with Gasteiger partial charge < -0.3 is 0 Å². The maximum Gasteiger partial charge on any atom is 0.328 e. The highest BCUT2D eigenvalue weighted by Gasteiger charge is 2.11. The Bertz CT molecular complexity index is 1320. The Morgan fingerprint density at radius 1 is 0.581 bits per heavy atom. The van der Waals surface area contributed by atoms with Gasteiger partial charge in [-0.1, -0.05) is 60.7 Å². The molecule has 0 aliphatic rings. The maximum atomic E-state index is 12.4. The van der Waals surface area contributed by atoms with Crippen molar-refractivity contribution in [3.63, 3.8) is 0 Å². The van der Waals surface area contributed by atoms with Gasteiger partial charge in [-0.2, -0.15) is 0 Å². The van der Waals surface area contributed by atoms with Crippen molar-refractivity contribution in [2.24, 2.45) is 0 Å². The molecule has 0 aliphatic carbocycles. The van der Waals surface area contributed by atoms with Crippen LogP contribution in [-0.4, -0.2) is 19.1 Å². The maximum absolute atomic E-state index is 12.4. The molecule has 0 spiro atoms. The van der Waals surface area contributed by atoms with Crippen LogP contribution in [0, 0.1) is 0 Å². The van der Waals surface area contributed by atoms with Crippen molar-refractivity contribution in [1.82, 2.24) is 19.1 Å². The summed E-state index contributed by atoms with van der Waals surface area (Å²) in [6.45, 7) is 0.570. The third-order valence-corrected chi connectivity index (χ3v) is 4.94. The molecule has 0 bridgehead atoms. The lowest BCUT2D eigenvalue weighted by Gasteiger charge is -2.10. The predicted octanol–water partition coefficient (Wildman–Crippen LogP) is 1.07. The molecule has 2 heterocycles. The Labute approximate surface area is 176 Å². The first-order chi connectivity index (χ1) is 15.0. The standard InChI is InChI=1S/C23H20N4O4/c28-20-18(14-26(22(30)24-20)12-16-7-3-1-4-8-16)11-19-15-27(23(31)25-21(19)29)13-17-9-5-2-6-10-17/h1-10,14-15H,11-13H2,(H,24,28,30)(H,25,29,31). The van der Waals surface area contributed by atoms with Gasteiger partial charge in [0.05, 0.1) is 13.1 Å². The zero-order valence-corrected chi connectivity index (χ0v) is 16.6. The first-order valence-corrected chi connectivity index (χ1v) is 9.73. The molecule has 0 unspecified atom stereocenters. The number of benzene rings is 2. The second kappa shape index (κ2) is 8.66. The molecule has 0 radical (unpaired) electrons. The normalized spacial score (nSPS) is 10.8. The van der Waals surface area contributed by atoms with E-state index < -0.39 is 22.5 Å². The SMILES string of the molecule is O=c1[nH]c(=O)n(Cc2ccccc2)cc1Cc1cn(Cc2ccccc2)c(=O)[nH]c1=O. The summed E-state index contributed by atoms with van der Waals surface area (Å²) < 4.78 is 2.78. The lowest BCUT2D eigenvalue weighted by atomic mass is 10.1. The van der Waals surface area contributed by atoms with Crippen LogP contribution in [0.25, 0.3) is 0 Å². The smallest absolute Gasteiger partial charge is 0.296 e.